The summed E-state index contributed by atoms with van der Waals surface area (Å²) in [5, 5.41) is 7.55. The van der Waals surface area contributed by atoms with E-state index in [9.17, 15) is 9.59 Å². The molecule has 19 heavy (non-hydrogen) atoms. The number of H-pyrrole nitrogens is 2. The first-order chi connectivity index (χ1) is 9.19. The quantitative estimate of drug-likeness (QED) is 0.739. The molecule has 100 valence electrons. The SMILES string of the molecule is COc1cccc(CCNC(=O)c2cc(=O)[nH][nH]2)c1. The van der Waals surface area contributed by atoms with E-state index in [-0.39, 0.29) is 17.2 Å². The number of hydrogen-bond donors (Lipinski definition) is 3. The lowest BCUT2D eigenvalue weighted by molar-refractivity contribution is 0.0949. The van der Waals surface area contributed by atoms with Crippen LogP contribution >= 0.6 is 0 Å². The summed E-state index contributed by atoms with van der Waals surface area (Å²) in [4.78, 5) is 22.5. The van der Waals surface area contributed by atoms with Crippen LogP contribution in [0.25, 0.3) is 0 Å². The van der Waals surface area contributed by atoms with Gasteiger partial charge in [-0.1, -0.05) is 12.1 Å². The van der Waals surface area contributed by atoms with Gasteiger partial charge < -0.3 is 10.1 Å². The minimum absolute atomic E-state index is 0.232. The first-order valence-corrected chi connectivity index (χ1v) is 5.88. The van der Waals surface area contributed by atoms with Gasteiger partial charge in [-0.2, -0.15) is 0 Å². The Morgan fingerprint density at radius 3 is 2.84 bits per heavy atom. The molecule has 0 fully saturated rings. The number of rotatable bonds is 5. The highest BCUT2D eigenvalue weighted by molar-refractivity contribution is 5.92. The zero-order valence-corrected chi connectivity index (χ0v) is 10.5. The molecule has 0 saturated heterocycles. The number of ether oxygens (including phenoxy) is 1. The Balaban J connectivity index is 1.86. The van der Waals surface area contributed by atoms with E-state index in [0.717, 1.165) is 11.3 Å². The van der Waals surface area contributed by atoms with Gasteiger partial charge in [0, 0.05) is 12.6 Å². The second-order valence-corrected chi connectivity index (χ2v) is 4.03. The molecule has 0 atom stereocenters. The lowest BCUT2D eigenvalue weighted by Crippen LogP contribution is -2.26. The molecule has 1 aromatic heterocycles. The molecule has 3 N–H and O–H groups in total. The number of aromatic amines is 2. The van der Waals surface area contributed by atoms with Crippen molar-refractivity contribution in [3.05, 3.63) is 51.9 Å². The summed E-state index contributed by atoms with van der Waals surface area (Å²) in [5.41, 5.74) is 0.982. The third-order valence-corrected chi connectivity index (χ3v) is 2.67. The van der Waals surface area contributed by atoms with Gasteiger partial charge in [0.05, 0.1) is 7.11 Å². The third-order valence-electron chi connectivity index (χ3n) is 2.67. The highest BCUT2D eigenvalue weighted by Gasteiger charge is 2.07. The van der Waals surface area contributed by atoms with Crippen LogP contribution in [0, 0.1) is 0 Å². The molecule has 0 bridgehead atoms. The van der Waals surface area contributed by atoms with E-state index in [1.807, 2.05) is 24.3 Å². The summed E-state index contributed by atoms with van der Waals surface area (Å²) in [7, 11) is 1.61. The molecule has 0 radical (unpaired) electrons. The van der Waals surface area contributed by atoms with Crippen molar-refractivity contribution in [2.24, 2.45) is 0 Å². The van der Waals surface area contributed by atoms with Gasteiger partial charge in [-0.3, -0.25) is 19.8 Å². The molecule has 0 saturated carbocycles. The zero-order valence-electron chi connectivity index (χ0n) is 10.5. The van der Waals surface area contributed by atoms with E-state index in [2.05, 4.69) is 15.5 Å². The molecule has 0 aliphatic carbocycles. The molecule has 2 rings (SSSR count). The summed E-state index contributed by atoms with van der Waals surface area (Å²) < 4.78 is 5.12. The second-order valence-electron chi connectivity index (χ2n) is 4.03. The highest BCUT2D eigenvalue weighted by atomic mass is 16.5. The van der Waals surface area contributed by atoms with Crippen LogP contribution in [0.5, 0.6) is 5.75 Å². The predicted octanol–water partition coefficient (Wildman–Crippen LogP) is 0.684. The number of aromatic nitrogens is 2. The zero-order chi connectivity index (χ0) is 13.7. The van der Waals surface area contributed by atoms with Crippen molar-refractivity contribution in [1.29, 1.82) is 0 Å². The Labute approximate surface area is 109 Å². The molecule has 2 aromatic rings. The Morgan fingerprint density at radius 1 is 1.32 bits per heavy atom. The van der Waals surface area contributed by atoms with E-state index in [4.69, 9.17) is 4.74 Å². The van der Waals surface area contributed by atoms with Gasteiger partial charge in [0.2, 0.25) is 0 Å². The van der Waals surface area contributed by atoms with Crippen molar-refractivity contribution < 1.29 is 9.53 Å². The Kier molecular flexibility index (Phi) is 4.02. The molecule has 6 heteroatoms. The standard InChI is InChI=1S/C13H15N3O3/c1-19-10-4-2-3-9(7-10)5-6-14-13(18)11-8-12(17)16-15-11/h2-4,7-8H,5-6H2,1H3,(H,14,18)(H2,15,16,17). The van der Waals surface area contributed by atoms with Crippen molar-refractivity contribution in [3.8, 4) is 5.75 Å². The largest absolute Gasteiger partial charge is 0.497 e. The Morgan fingerprint density at radius 2 is 2.16 bits per heavy atom. The van der Waals surface area contributed by atoms with Crippen LogP contribution in [0.1, 0.15) is 16.1 Å². The summed E-state index contributed by atoms with van der Waals surface area (Å²) in [6, 6.07) is 8.88. The normalized spacial score (nSPS) is 10.2. The van der Waals surface area contributed by atoms with Crippen molar-refractivity contribution in [3.63, 3.8) is 0 Å². The smallest absolute Gasteiger partial charge is 0.269 e. The first-order valence-electron chi connectivity index (χ1n) is 5.88. The average molecular weight is 261 g/mol. The van der Waals surface area contributed by atoms with Crippen molar-refractivity contribution in [2.45, 2.75) is 6.42 Å². The van der Waals surface area contributed by atoms with E-state index in [1.54, 1.807) is 7.11 Å². The van der Waals surface area contributed by atoms with Crippen LogP contribution in [0.4, 0.5) is 0 Å². The number of methoxy groups -OCH3 is 1. The lowest BCUT2D eigenvalue weighted by atomic mass is 10.1. The Hall–Kier alpha value is -2.50. The van der Waals surface area contributed by atoms with Gasteiger partial charge in [-0.05, 0) is 24.1 Å². The van der Waals surface area contributed by atoms with E-state index < -0.39 is 0 Å². The fraction of sp³-hybridized carbons (Fsp3) is 0.231. The van der Waals surface area contributed by atoms with Gasteiger partial charge in [0.25, 0.3) is 11.5 Å². The van der Waals surface area contributed by atoms with Crippen molar-refractivity contribution in [1.82, 2.24) is 15.5 Å². The fourth-order valence-corrected chi connectivity index (χ4v) is 1.70. The third kappa shape index (κ3) is 3.48. The maximum absolute atomic E-state index is 11.6. The van der Waals surface area contributed by atoms with Gasteiger partial charge in [-0.25, -0.2) is 0 Å². The minimum atomic E-state index is -0.321. The van der Waals surface area contributed by atoms with Crippen LogP contribution in [0.3, 0.4) is 0 Å². The molecule has 1 amide bonds. The summed E-state index contributed by atoms with van der Waals surface area (Å²) >= 11 is 0. The van der Waals surface area contributed by atoms with E-state index >= 15 is 0 Å². The van der Waals surface area contributed by atoms with Gasteiger partial charge in [0.15, 0.2) is 0 Å². The molecule has 0 unspecified atom stereocenters. The van der Waals surface area contributed by atoms with E-state index in [0.29, 0.717) is 13.0 Å². The van der Waals surface area contributed by atoms with Crippen LogP contribution in [-0.4, -0.2) is 29.8 Å². The number of hydrogen-bond acceptors (Lipinski definition) is 3. The number of amides is 1. The van der Waals surface area contributed by atoms with Crippen molar-refractivity contribution in [2.75, 3.05) is 13.7 Å². The number of benzene rings is 1. The number of nitrogens with one attached hydrogen (secondary N) is 3. The molecule has 1 aromatic carbocycles. The van der Waals surface area contributed by atoms with Crippen molar-refractivity contribution >= 4 is 5.91 Å². The van der Waals surface area contributed by atoms with Gasteiger partial charge in [0.1, 0.15) is 11.4 Å². The molecular weight excluding hydrogens is 246 g/mol. The number of carbonyl (C=O) groups excluding carboxylic acids is 1. The molecule has 0 aliphatic rings. The first kappa shape index (κ1) is 12.9. The maximum Gasteiger partial charge on any atom is 0.269 e. The van der Waals surface area contributed by atoms with Crippen LogP contribution in [0.2, 0.25) is 0 Å². The van der Waals surface area contributed by atoms with Gasteiger partial charge in [-0.15, -0.1) is 0 Å². The maximum atomic E-state index is 11.6. The van der Waals surface area contributed by atoms with Crippen LogP contribution < -0.4 is 15.6 Å². The minimum Gasteiger partial charge on any atom is -0.497 e. The summed E-state index contributed by atoms with van der Waals surface area (Å²) in [6.07, 6.45) is 0.692. The van der Waals surface area contributed by atoms with Crippen LogP contribution in [0.15, 0.2) is 35.1 Å². The Bertz CT molecular complexity index is 615. The van der Waals surface area contributed by atoms with Gasteiger partial charge >= 0.3 is 0 Å². The highest BCUT2D eigenvalue weighted by Crippen LogP contribution is 2.12. The molecule has 1 heterocycles. The second kappa shape index (κ2) is 5.90. The summed E-state index contributed by atoms with van der Waals surface area (Å²) in [5.74, 6) is 0.486. The lowest BCUT2D eigenvalue weighted by Gasteiger charge is -2.05. The topological polar surface area (TPSA) is 87.0 Å². The monoisotopic (exact) mass is 261 g/mol. The molecule has 0 spiro atoms. The average Bonchev–Trinajstić information content (AvgIpc) is 2.86. The predicted molar refractivity (Wildman–Crippen MR) is 70.4 cm³/mol. The molecule has 0 aliphatic heterocycles. The molecule has 6 nitrogen and oxygen atoms in total. The van der Waals surface area contributed by atoms with Crippen LogP contribution in [-0.2, 0) is 6.42 Å². The van der Waals surface area contributed by atoms with E-state index in [1.165, 1.54) is 6.07 Å². The summed E-state index contributed by atoms with van der Waals surface area (Å²) in [6.45, 7) is 0.485. The number of carbonyl (C=O) groups is 1. The fourth-order valence-electron chi connectivity index (χ4n) is 1.70. The molecular formula is C13H15N3O3.